The van der Waals surface area contributed by atoms with Crippen LogP contribution in [0.4, 0.5) is 24.7 Å². The lowest BCUT2D eigenvalue weighted by Crippen LogP contribution is -2.46. The highest BCUT2D eigenvalue weighted by atomic mass is 19.4. The van der Waals surface area contributed by atoms with Crippen molar-refractivity contribution in [3.63, 3.8) is 0 Å². The maximum absolute atomic E-state index is 12.9. The average molecular weight is 393 g/mol. The van der Waals surface area contributed by atoms with Crippen LogP contribution in [-0.2, 0) is 6.18 Å². The van der Waals surface area contributed by atoms with Gasteiger partial charge in [-0.15, -0.1) is 0 Å². The van der Waals surface area contributed by atoms with Crippen LogP contribution in [0.25, 0.3) is 0 Å². The van der Waals surface area contributed by atoms with Crippen molar-refractivity contribution in [2.75, 3.05) is 44.6 Å². The smallest absolute Gasteiger partial charge is 0.351 e. The Balaban J connectivity index is 1.64. The molecule has 0 radical (unpaired) electrons. The van der Waals surface area contributed by atoms with Gasteiger partial charge in [-0.05, 0) is 30.3 Å². The number of nitrogens with zero attached hydrogens (tertiary/aromatic N) is 2. The molecule has 0 atom stereocenters. The maximum Gasteiger partial charge on any atom is 0.416 e. The van der Waals surface area contributed by atoms with Crippen LogP contribution in [0.3, 0.4) is 0 Å². The largest absolute Gasteiger partial charge is 0.416 e. The fourth-order valence-corrected chi connectivity index (χ4v) is 2.96. The molecule has 0 saturated carbocycles. The topological polar surface area (TPSA) is 69.3 Å². The minimum Gasteiger partial charge on any atom is -0.351 e. The maximum atomic E-state index is 12.9. The second-order valence-electron chi connectivity index (χ2n) is 6.45. The van der Waals surface area contributed by atoms with Crippen LogP contribution < -0.4 is 16.0 Å². The molecule has 0 unspecified atom stereocenters. The Hall–Kier alpha value is -2.65. The van der Waals surface area contributed by atoms with Gasteiger partial charge in [-0.2, -0.15) is 13.2 Å². The van der Waals surface area contributed by atoms with Crippen LogP contribution in [0.5, 0.6) is 0 Å². The molecule has 1 aliphatic rings. The van der Waals surface area contributed by atoms with Crippen LogP contribution in [0.15, 0.2) is 42.6 Å². The van der Waals surface area contributed by atoms with Crippen molar-refractivity contribution >= 4 is 17.4 Å². The molecule has 3 rings (SSSR count). The van der Waals surface area contributed by atoms with E-state index in [4.69, 9.17) is 0 Å². The number of amides is 1. The standard InChI is InChI=1S/C19H22F3N5O/c20-19(21,22)14-3-1-4-15(13-14)26-17-16(5-2-6-24-17)18(28)25-9-12-27-10-7-23-8-11-27/h1-6,13,23H,7-12H2,(H,24,26)(H,25,28). The second kappa shape index (κ2) is 9.03. The zero-order chi connectivity index (χ0) is 20.0. The third-order valence-electron chi connectivity index (χ3n) is 4.43. The van der Waals surface area contributed by atoms with Crippen LogP contribution in [-0.4, -0.2) is 55.1 Å². The van der Waals surface area contributed by atoms with Gasteiger partial charge in [-0.3, -0.25) is 9.69 Å². The summed E-state index contributed by atoms with van der Waals surface area (Å²) >= 11 is 0. The highest BCUT2D eigenvalue weighted by molar-refractivity contribution is 5.99. The van der Waals surface area contributed by atoms with Crippen molar-refractivity contribution in [2.24, 2.45) is 0 Å². The molecule has 0 bridgehead atoms. The van der Waals surface area contributed by atoms with Crippen molar-refractivity contribution in [2.45, 2.75) is 6.18 Å². The molecule has 1 aromatic carbocycles. The number of aromatic nitrogens is 1. The number of pyridine rings is 1. The minimum absolute atomic E-state index is 0.210. The van der Waals surface area contributed by atoms with E-state index in [1.807, 2.05) is 0 Å². The average Bonchev–Trinajstić information content (AvgIpc) is 2.69. The molecular formula is C19H22F3N5O. The molecule has 1 amide bonds. The third-order valence-corrected chi connectivity index (χ3v) is 4.43. The summed E-state index contributed by atoms with van der Waals surface area (Å²) in [5.74, 6) is -0.112. The van der Waals surface area contributed by atoms with Crippen molar-refractivity contribution in [1.82, 2.24) is 20.5 Å². The van der Waals surface area contributed by atoms with E-state index in [-0.39, 0.29) is 23.0 Å². The second-order valence-corrected chi connectivity index (χ2v) is 6.45. The molecule has 9 heteroatoms. The summed E-state index contributed by atoms with van der Waals surface area (Å²) in [6.07, 6.45) is -2.96. The first kappa shape index (κ1) is 20.1. The van der Waals surface area contributed by atoms with Gasteiger partial charge in [0.1, 0.15) is 5.82 Å². The molecule has 3 N–H and O–H groups in total. The number of halogens is 3. The first-order valence-corrected chi connectivity index (χ1v) is 9.04. The molecule has 1 aliphatic heterocycles. The summed E-state index contributed by atoms with van der Waals surface area (Å²) in [5, 5.41) is 8.93. The van der Waals surface area contributed by atoms with Gasteiger partial charge in [0.25, 0.3) is 5.91 Å². The van der Waals surface area contributed by atoms with Crippen LogP contribution in [0.2, 0.25) is 0 Å². The molecule has 1 aromatic heterocycles. The van der Waals surface area contributed by atoms with Gasteiger partial charge in [-0.1, -0.05) is 6.07 Å². The van der Waals surface area contributed by atoms with E-state index in [0.717, 1.165) is 44.9 Å². The highest BCUT2D eigenvalue weighted by Gasteiger charge is 2.30. The number of nitrogens with one attached hydrogen (secondary N) is 3. The molecule has 6 nitrogen and oxygen atoms in total. The van der Waals surface area contributed by atoms with Crippen molar-refractivity contribution in [3.8, 4) is 0 Å². The Morgan fingerprint density at radius 3 is 2.71 bits per heavy atom. The quantitative estimate of drug-likeness (QED) is 0.704. The van der Waals surface area contributed by atoms with Crippen molar-refractivity contribution < 1.29 is 18.0 Å². The van der Waals surface area contributed by atoms with E-state index in [9.17, 15) is 18.0 Å². The Morgan fingerprint density at radius 1 is 1.18 bits per heavy atom. The van der Waals surface area contributed by atoms with Crippen LogP contribution in [0, 0.1) is 0 Å². The first-order chi connectivity index (χ1) is 13.4. The highest BCUT2D eigenvalue weighted by Crippen LogP contribution is 2.31. The molecule has 0 spiro atoms. The van der Waals surface area contributed by atoms with Gasteiger partial charge >= 0.3 is 6.18 Å². The van der Waals surface area contributed by atoms with E-state index in [1.54, 1.807) is 12.1 Å². The predicted octanol–water partition coefficient (Wildman–Crippen LogP) is 2.48. The molecule has 150 valence electrons. The zero-order valence-corrected chi connectivity index (χ0v) is 15.2. The SMILES string of the molecule is O=C(NCCN1CCNCC1)c1cccnc1Nc1cccc(C(F)(F)F)c1. The van der Waals surface area contributed by atoms with Gasteiger partial charge in [0.2, 0.25) is 0 Å². The Bertz CT molecular complexity index is 806. The summed E-state index contributed by atoms with van der Waals surface area (Å²) in [6, 6.07) is 7.98. The first-order valence-electron chi connectivity index (χ1n) is 9.04. The molecule has 2 aromatic rings. The number of hydrogen-bond acceptors (Lipinski definition) is 5. The lowest BCUT2D eigenvalue weighted by atomic mass is 10.2. The van der Waals surface area contributed by atoms with E-state index < -0.39 is 11.7 Å². The Morgan fingerprint density at radius 2 is 1.96 bits per heavy atom. The molecule has 2 heterocycles. The molecule has 1 saturated heterocycles. The van der Waals surface area contributed by atoms with Gasteiger partial charge < -0.3 is 16.0 Å². The number of anilines is 2. The number of alkyl halides is 3. The molecule has 0 aliphatic carbocycles. The summed E-state index contributed by atoms with van der Waals surface area (Å²) in [6.45, 7) is 4.96. The van der Waals surface area contributed by atoms with Crippen molar-refractivity contribution in [1.29, 1.82) is 0 Å². The fraction of sp³-hybridized carbons (Fsp3) is 0.368. The lowest BCUT2D eigenvalue weighted by molar-refractivity contribution is -0.137. The van der Waals surface area contributed by atoms with Gasteiger partial charge in [-0.25, -0.2) is 4.98 Å². The van der Waals surface area contributed by atoms with Crippen LogP contribution >= 0.6 is 0 Å². The number of piperazine rings is 1. The Labute approximate surface area is 161 Å². The minimum atomic E-state index is -4.44. The monoisotopic (exact) mass is 393 g/mol. The fourth-order valence-electron chi connectivity index (χ4n) is 2.96. The summed E-state index contributed by atoms with van der Waals surface area (Å²) in [5.41, 5.74) is -0.279. The number of rotatable bonds is 6. The van der Waals surface area contributed by atoms with E-state index in [1.165, 1.54) is 18.3 Å². The van der Waals surface area contributed by atoms with E-state index in [2.05, 4.69) is 25.8 Å². The molecule has 1 fully saturated rings. The summed E-state index contributed by atoms with van der Waals surface area (Å²) in [4.78, 5) is 18.9. The zero-order valence-electron chi connectivity index (χ0n) is 15.2. The normalized spacial score (nSPS) is 15.2. The molecular weight excluding hydrogens is 371 g/mol. The van der Waals surface area contributed by atoms with Crippen molar-refractivity contribution in [3.05, 3.63) is 53.7 Å². The third kappa shape index (κ3) is 5.43. The van der Waals surface area contributed by atoms with Gasteiger partial charge in [0, 0.05) is 51.2 Å². The Kier molecular flexibility index (Phi) is 6.48. The number of benzene rings is 1. The van der Waals surface area contributed by atoms with Crippen LogP contribution in [0.1, 0.15) is 15.9 Å². The number of hydrogen-bond donors (Lipinski definition) is 3. The summed E-state index contributed by atoms with van der Waals surface area (Å²) in [7, 11) is 0. The number of carbonyl (C=O) groups is 1. The summed E-state index contributed by atoms with van der Waals surface area (Å²) < 4.78 is 38.7. The predicted molar refractivity (Wildman–Crippen MR) is 101 cm³/mol. The van der Waals surface area contributed by atoms with E-state index >= 15 is 0 Å². The van der Waals surface area contributed by atoms with Gasteiger partial charge in [0.05, 0.1) is 11.1 Å². The van der Waals surface area contributed by atoms with Gasteiger partial charge in [0.15, 0.2) is 0 Å². The number of carbonyl (C=O) groups excluding carboxylic acids is 1. The lowest BCUT2D eigenvalue weighted by Gasteiger charge is -2.27. The molecule has 28 heavy (non-hydrogen) atoms. The van der Waals surface area contributed by atoms with E-state index in [0.29, 0.717) is 6.54 Å².